The second-order valence-electron chi connectivity index (χ2n) is 6.29. The molecule has 28 heavy (non-hydrogen) atoms. The third-order valence-electron chi connectivity index (χ3n) is 4.09. The van der Waals surface area contributed by atoms with Gasteiger partial charge in [0.25, 0.3) is 0 Å². The Bertz CT molecular complexity index is 778. The maximum atomic E-state index is 14.3. The molecule has 1 unspecified atom stereocenters. The SMILES string of the molecule is CCOC(=O)CCc1cc(F)c(OCc2cccnc2SC(C)CC)c(F)c1. The molecule has 0 saturated heterocycles. The van der Waals surface area contributed by atoms with Crippen LogP contribution >= 0.6 is 11.8 Å². The molecule has 4 nitrogen and oxygen atoms in total. The van der Waals surface area contributed by atoms with Gasteiger partial charge in [-0.15, -0.1) is 11.8 Å². The highest BCUT2D eigenvalue weighted by Gasteiger charge is 2.16. The Morgan fingerprint density at radius 3 is 2.61 bits per heavy atom. The summed E-state index contributed by atoms with van der Waals surface area (Å²) < 4.78 is 39.0. The first-order valence-electron chi connectivity index (χ1n) is 9.31. The van der Waals surface area contributed by atoms with Crippen molar-refractivity contribution in [3.8, 4) is 5.75 Å². The number of nitrogens with zero attached hydrogens (tertiary/aromatic N) is 1. The van der Waals surface area contributed by atoms with Gasteiger partial charge in [0.1, 0.15) is 11.6 Å². The molecule has 0 aliphatic rings. The maximum Gasteiger partial charge on any atom is 0.306 e. The zero-order valence-electron chi connectivity index (χ0n) is 16.3. The molecule has 0 N–H and O–H groups in total. The molecular weight excluding hydrogens is 384 g/mol. The monoisotopic (exact) mass is 409 g/mol. The van der Waals surface area contributed by atoms with Crippen molar-refractivity contribution >= 4 is 17.7 Å². The second-order valence-corrected chi connectivity index (χ2v) is 7.71. The molecule has 0 aliphatic carbocycles. The van der Waals surface area contributed by atoms with E-state index < -0.39 is 23.4 Å². The van der Waals surface area contributed by atoms with Crippen molar-refractivity contribution in [1.29, 1.82) is 0 Å². The summed E-state index contributed by atoms with van der Waals surface area (Å²) in [6, 6.07) is 5.98. The molecule has 0 radical (unpaired) electrons. The Labute approximate surface area is 168 Å². The molecule has 0 spiro atoms. The number of esters is 1. The molecule has 0 amide bonds. The number of rotatable bonds is 10. The van der Waals surface area contributed by atoms with Crippen molar-refractivity contribution in [1.82, 2.24) is 4.98 Å². The van der Waals surface area contributed by atoms with E-state index in [1.807, 2.05) is 6.07 Å². The van der Waals surface area contributed by atoms with Crippen LogP contribution in [-0.4, -0.2) is 22.8 Å². The summed E-state index contributed by atoms with van der Waals surface area (Å²) in [4.78, 5) is 15.7. The lowest BCUT2D eigenvalue weighted by molar-refractivity contribution is -0.143. The van der Waals surface area contributed by atoms with Crippen LogP contribution in [0.1, 0.15) is 44.7 Å². The fraction of sp³-hybridized carbons (Fsp3) is 0.429. The molecular formula is C21H25F2NO3S. The molecule has 152 valence electrons. The van der Waals surface area contributed by atoms with E-state index in [0.29, 0.717) is 10.8 Å². The Balaban J connectivity index is 2.06. The van der Waals surface area contributed by atoms with Crippen LogP contribution in [0.25, 0.3) is 0 Å². The van der Waals surface area contributed by atoms with Crippen molar-refractivity contribution < 1.29 is 23.0 Å². The molecule has 0 aliphatic heterocycles. The average molecular weight is 409 g/mol. The molecule has 2 aromatic rings. The Kier molecular flexibility index (Phi) is 8.70. The fourth-order valence-corrected chi connectivity index (χ4v) is 3.39. The van der Waals surface area contributed by atoms with Crippen LogP contribution < -0.4 is 4.74 Å². The number of thioether (sulfide) groups is 1. The number of halogens is 2. The van der Waals surface area contributed by atoms with Gasteiger partial charge in [-0.2, -0.15) is 0 Å². The highest BCUT2D eigenvalue weighted by Crippen LogP contribution is 2.29. The van der Waals surface area contributed by atoms with E-state index in [9.17, 15) is 13.6 Å². The van der Waals surface area contributed by atoms with Gasteiger partial charge in [0.2, 0.25) is 0 Å². The quantitative estimate of drug-likeness (QED) is 0.392. The van der Waals surface area contributed by atoms with Crippen LogP contribution in [0, 0.1) is 11.6 Å². The fourth-order valence-electron chi connectivity index (χ4n) is 2.44. The van der Waals surface area contributed by atoms with Gasteiger partial charge in [0.05, 0.1) is 6.61 Å². The number of carbonyl (C=O) groups excluding carboxylic acids is 1. The van der Waals surface area contributed by atoms with Crippen molar-refractivity contribution in [2.24, 2.45) is 0 Å². The molecule has 0 bridgehead atoms. The van der Waals surface area contributed by atoms with E-state index in [2.05, 4.69) is 18.8 Å². The summed E-state index contributed by atoms with van der Waals surface area (Å²) in [5.41, 5.74) is 1.16. The van der Waals surface area contributed by atoms with Crippen molar-refractivity contribution in [3.05, 3.63) is 53.2 Å². The molecule has 2 rings (SSSR count). The highest BCUT2D eigenvalue weighted by molar-refractivity contribution is 7.99. The molecule has 7 heteroatoms. The summed E-state index contributed by atoms with van der Waals surface area (Å²) in [7, 11) is 0. The minimum atomic E-state index is -0.793. The number of benzene rings is 1. The van der Waals surface area contributed by atoms with Crippen LogP contribution in [0.5, 0.6) is 5.75 Å². The average Bonchev–Trinajstić information content (AvgIpc) is 2.67. The predicted octanol–water partition coefficient (Wildman–Crippen LogP) is 5.33. The lowest BCUT2D eigenvalue weighted by atomic mass is 10.1. The van der Waals surface area contributed by atoms with Crippen LogP contribution in [0.2, 0.25) is 0 Å². The minimum Gasteiger partial charge on any atom is -0.483 e. The number of hydrogen-bond donors (Lipinski definition) is 0. The predicted molar refractivity (Wildman–Crippen MR) is 105 cm³/mol. The van der Waals surface area contributed by atoms with Crippen molar-refractivity contribution in [2.75, 3.05) is 6.61 Å². The van der Waals surface area contributed by atoms with Crippen LogP contribution in [-0.2, 0) is 22.6 Å². The summed E-state index contributed by atoms with van der Waals surface area (Å²) >= 11 is 1.61. The number of pyridine rings is 1. The zero-order valence-corrected chi connectivity index (χ0v) is 17.2. The van der Waals surface area contributed by atoms with Gasteiger partial charge in [-0.05, 0) is 43.5 Å². The van der Waals surface area contributed by atoms with E-state index in [4.69, 9.17) is 9.47 Å². The lowest BCUT2D eigenvalue weighted by Crippen LogP contribution is -2.07. The van der Waals surface area contributed by atoms with E-state index in [1.54, 1.807) is 30.9 Å². The first-order valence-corrected chi connectivity index (χ1v) is 10.2. The Morgan fingerprint density at radius 2 is 1.96 bits per heavy atom. The van der Waals surface area contributed by atoms with Gasteiger partial charge in [-0.1, -0.05) is 19.9 Å². The number of hydrogen-bond acceptors (Lipinski definition) is 5. The van der Waals surface area contributed by atoms with Crippen LogP contribution in [0.4, 0.5) is 8.78 Å². The van der Waals surface area contributed by atoms with Gasteiger partial charge >= 0.3 is 5.97 Å². The standard InChI is InChI=1S/C21H25F2NO3S/c1-4-14(3)28-21-16(7-6-10-24-21)13-27-20-17(22)11-15(12-18(20)23)8-9-19(25)26-5-2/h6-7,10-12,14H,4-5,8-9,13H2,1-3H3. The Morgan fingerprint density at radius 1 is 1.25 bits per heavy atom. The molecule has 1 atom stereocenters. The summed E-state index contributed by atoms with van der Waals surface area (Å²) in [6.07, 6.45) is 2.94. The van der Waals surface area contributed by atoms with Gasteiger partial charge in [0.15, 0.2) is 17.4 Å². The number of carbonyl (C=O) groups is 1. The molecule has 0 saturated carbocycles. The minimum absolute atomic E-state index is 0.0165. The van der Waals surface area contributed by atoms with E-state index >= 15 is 0 Å². The summed E-state index contributed by atoms with van der Waals surface area (Å²) in [6.45, 7) is 6.18. The number of aryl methyl sites for hydroxylation is 1. The second kappa shape index (κ2) is 11.0. The normalized spacial score (nSPS) is 11.9. The largest absolute Gasteiger partial charge is 0.483 e. The highest BCUT2D eigenvalue weighted by atomic mass is 32.2. The first kappa shape index (κ1) is 22.1. The molecule has 1 heterocycles. The topological polar surface area (TPSA) is 48.4 Å². The van der Waals surface area contributed by atoms with Crippen LogP contribution in [0.3, 0.4) is 0 Å². The molecule has 0 fully saturated rings. The maximum absolute atomic E-state index is 14.3. The lowest BCUT2D eigenvalue weighted by Gasteiger charge is -2.14. The van der Waals surface area contributed by atoms with Gasteiger partial charge < -0.3 is 9.47 Å². The Hall–Kier alpha value is -2.15. The van der Waals surface area contributed by atoms with E-state index in [0.717, 1.165) is 17.0 Å². The third-order valence-corrected chi connectivity index (χ3v) is 5.42. The third kappa shape index (κ3) is 6.48. The van der Waals surface area contributed by atoms with Gasteiger partial charge in [-0.3, -0.25) is 4.79 Å². The molecule has 1 aromatic heterocycles. The van der Waals surface area contributed by atoms with Crippen molar-refractivity contribution in [2.45, 2.75) is 56.9 Å². The van der Waals surface area contributed by atoms with Crippen LogP contribution in [0.15, 0.2) is 35.5 Å². The smallest absolute Gasteiger partial charge is 0.306 e. The van der Waals surface area contributed by atoms with E-state index in [1.165, 1.54) is 12.1 Å². The van der Waals surface area contributed by atoms with E-state index in [-0.39, 0.29) is 26.1 Å². The van der Waals surface area contributed by atoms with Gasteiger partial charge in [0, 0.05) is 23.4 Å². The number of ether oxygens (including phenoxy) is 2. The van der Waals surface area contributed by atoms with Gasteiger partial charge in [-0.25, -0.2) is 13.8 Å². The summed E-state index contributed by atoms with van der Waals surface area (Å²) in [5, 5.41) is 1.17. The first-order chi connectivity index (χ1) is 13.4. The summed E-state index contributed by atoms with van der Waals surface area (Å²) in [5.74, 6) is -2.41. The van der Waals surface area contributed by atoms with Crippen molar-refractivity contribution in [3.63, 3.8) is 0 Å². The number of aromatic nitrogens is 1. The molecule has 1 aromatic carbocycles. The zero-order chi connectivity index (χ0) is 20.5.